The average Bonchev–Trinajstić information content (AvgIpc) is 3.21. The van der Waals surface area contributed by atoms with Gasteiger partial charge in [0.2, 0.25) is 0 Å². The van der Waals surface area contributed by atoms with Crippen molar-refractivity contribution in [3.05, 3.63) is 71.8 Å². The van der Waals surface area contributed by atoms with Crippen LogP contribution in [-0.2, 0) is 6.42 Å². The molecule has 2 aromatic rings. The third-order valence-electron chi connectivity index (χ3n) is 3.85. The van der Waals surface area contributed by atoms with Crippen LogP contribution in [0.15, 0.2) is 60.7 Å². The van der Waals surface area contributed by atoms with Gasteiger partial charge in [-0.1, -0.05) is 60.7 Å². The number of aliphatic hydroxyl groups excluding tert-OH is 1. The molecule has 18 heavy (non-hydrogen) atoms. The quantitative estimate of drug-likeness (QED) is 0.865. The fraction of sp³-hybridized carbons (Fsp3) is 0.294. The molecule has 1 aliphatic rings. The lowest BCUT2D eigenvalue weighted by atomic mass is 10.0. The smallest absolute Gasteiger partial charge is 0.0614 e. The minimum atomic E-state index is -0.211. The Kier molecular flexibility index (Phi) is 3.16. The Balaban J connectivity index is 1.61. The summed E-state index contributed by atoms with van der Waals surface area (Å²) in [5, 5.41) is 10.3. The van der Waals surface area contributed by atoms with Crippen LogP contribution in [0.1, 0.15) is 23.5 Å². The molecular weight excluding hydrogens is 220 g/mol. The Hall–Kier alpha value is -1.60. The minimum absolute atomic E-state index is 0.211. The molecule has 1 nitrogen and oxygen atoms in total. The van der Waals surface area contributed by atoms with Gasteiger partial charge in [0.1, 0.15) is 0 Å². The zero-order valence-electron chi connectivity index (χ0n) is 10.4. The SMILES string of the molecule is OC(Cc1ccccc1)C1CC1c1ccccc1. The molecule has 0 heterocycles. The van der Waals surface area contributed by atoms with Crippen molar-refractivity contribution < 1.29 is 5.11 Å². The largest absolute Gasteiger partial charge is 0.392 e. The number of hydrogen-bond acceptors (Lipinski definition) is 1. The van der Waals surface area contributed by atoms with Gasteiger partial charge in [-0.25, -0.2) is 0 Å². The first kappa shape index (κ1) is 11.5. The highest BCUT2D eigenvalue weighted by Gasteiger charge is 2.42. The predicted octanol–water partition coefficient (Wildman–Crippen LogP) is 3.39. The zero-order valence-corrected chi connectivity index (χ0v) is 10.4. The van der Waals surface area contributed by atoms with Gasteiger partial charge >= 0.3 is 0 Å². The number of aliphatic hydroxyl groups is 1. The molecule has 0 aromatic heterocycles. The molecule has 0 spiro atoms. The van der Waals surface area contributed by atoms with Crippen LogP contribution in [-0.4, -0.2) is 11.2 Å². The van der Waals surface area contributed by atoms with Gasteiger partial charge in [-0.2, -0.15) is 0 Å². The van der Waals surface area contributed by atoms with E-state index in [9.17, 15) is 5.11 Å². The van der Waals surface area contributed by atoms with Gasteiger partial charge in [-0.3, -0.25) is 0 Å². The first-order valence-electron chi connectivity index (χ1n) is 6.61. The van der Waals surface area contributed by atoms with E-state index in [1.165, 1.54) is 11.1 Å². The Labute approximate surface area is 108 Å². The molecule has 1 heteroatoms. The molecule has 3 unspecified atom stereocenters. The molecule has 1 saturated carbocycles. The lowest BCUT2D eigenvalue weighted by Gasteiger charge is -2.10. The Morgan fingerprint density at radius 1 is 0.944 bits per heavy atom. The Morgan fingerprint density at radius 2 is 1.56 bits per heavy atom. The lowest BCUT2D eigenvalue weighted by Crippen LogP contribution is -2.13. The summed E-state index contributed by atoms with van der Waals surface area (Å²) in [6.45, 7) is 0. The van der Waals surface area contributed by atoms with Crippen molar-refractivity contribution in [2.75, 3.05) is 0 Å². The first-order valence-corrected chi connectivity index (χ1v) is 6.61. The van der Waals surface area contributed by atoms with E-state index in [1.807, 2.05) is 24.3 Å². The van der Waals surface area contributed by atoms with E-state index in [1.54, 1.807) is 0 Å². The van der Waals surface area contributed by atoms with Crippen LogP contribution in [0.3, 0.4) is 0 Å². The molecule has 92 valence electrons. The van der Waals surface area contributed by atoms with Crippen molar-refractivity contribution >= 4 is 0 Å². The highest BCUT2D eigenvalue weighted by Crippen LogP contribution is 2.49. The van der Waals surface area contributed by atoms with Crippen molar-refractivity contribution in [2.45, 2.75) is 24.9 Å². The monoisotopic (exact) mass is 238 g/mol. The van der Waals surface area contributed by atoms with Crippen LogP contribution in [0.5, 0.6) is 0 Å². The van der Waals surface area contributed by atoms with Crippen LogP contribution < -0.4 is 0 Å². The minimum Gasteiger partial charge on any atom is -0.392 e. The third kappa shape index (κ3) is 2.46. The summed E-state index contributed by atoms with van der Waals surface area (Å²) in [4.78, 5) is 0. The van der Waals surface area contributed by atoms with Gasteiger partial charge in [-0.05, 0) is 35.8 Å². The fourth-order valence-electron chi connectivity index (χ4n) is 2.73. The van der Waals surface area contributed by atoms with Gasteiger partial charge in [0.25, 0.3) is 0 Å². The first-order chi connectivity index (χ1) is 8.84. The summed E-state index contributed by atoms with van der Waals surface area (Å²) in [6.07, 6.45) is 1.69. The molecule has 0 aliphatic heterocycles. The molecule has 1 aliphatic carbocycles. The van der Waals surface area contributed by atoms with Crippen LogP contribution in [0.2, 0.25) is 0 Å². The van der Waals surface area contributed by atoms with Crippen LogP contribution in [0.25, 0.3) is 0 Å². The van der Waals surface area contributed by atoms with Gasteiger partial charge in [0.05, 0.1) is 6.10 Å². The van der Waals surface area contributed by atoms with E-state index in [0.29, 0.717) is 11.8 Å². The average molecular weight is 238 g/mol. The van der Waals surface area contributed by atoms with Crippen LogP contribution in [0.4, 0.5) is 0 Å². The standard InChI is InChI=1S/C17H18O/c18-17(11-13-7-3-1-4-8-13)16-12-15(16)14-9-5-2-6-10-14/h1-10,15-18H,11-12H2. The molecular formula is C17H18O. The van der Waals surface area contributed by atoms with Crippen molar-refractivity contribution in [1.29, 1.82) is 0 Å². The number of rotatable bonds is 4. The zero-order chi connectivity index (χ0) is 12.4. The molecule has 2 aromatic carbocycles. The fourth-order valence-corrected chi connectivity index (χ4v) is 2.73. The van der Waals surface area contributed by atoms with E-state index >= 15 is 0 Å². The van der Waals surface area contributed by atoms with Gasteiger partial charge in [-0.15, -0.1) is 0 Å². The lowest BCUT2D eigenvalue weighted by molar-refractivity contribution is 0.149. The normalized spacial score (nSPS) is 23.6. The molecule has 0 bridgehead atoms. The summed E-state index contributed by atoms with van der Waals surface area (Å²) in [5.41, 5.74) is 2.60. The van der Waals surface area contributed by atoms with E-state index in [-0.39, 0.29) is 6.10 Å². The second-order valence-electron chi connectivity index (χ2n) is 5.17. The molecule has 0 amide bonds. The van der Waals surface area contributed by atoms with E-state index in [4.69, 9.17) is 0 Å². The van der Waals surface area contributed by atoms with Gasteiger partial charge in [0, 0.05) is 0 Å². The maximum atomic E-state index is 10.3. The topological polar surface area (TPSA) is 20.2 Å². The van der Waals surface area contributed by atoms with Crippen LogP contribution in [0, 0.1) is 5.92 Å². The highest BCUT2D eigenvalue weighted by molar-refractivity contribution is 5.27. The summed E-state index contributed by atoms with van der Waals surface area (Å²) in [6, 6.07) is 20.8. The van der Waals surface area contributed by atoms with Crippen molar-refractivity contribution in [1.82, 2.24) is 0 Å². The highest BCUT2D eigenvalue weighted by atomic mass is 16.3. The van der Waals surface area contributed by atoms with Crippen molar-refractivity contribution in [3.8, 4) is 0 Å². The Morgan fingerprint density at radius 3 is 2.22 bits per heavy atom. The summed E-state index contributed by atoms with van der Waals surface area (Å²) < 4.78 is 0. The maximum absolute atomic E-state index is 10.3. The maximum Gasteiger partial charge on any atom is 0.0614 e. The molecule has 1 fully saturated rings. The molecule has 0 radical (unpaired) electrons. The van der Waals surface area contributed by atoms with Crippen molar-refractivity contribution in [3.63, 3.8) is 0 Å². The number of hydrogen-bond donors (Lipinski definition) is 1. The number of benzene rings is 2. The van der Waals surface area contributed by atoms with E-state index < -0.39 is 0 Å². The van der Waals surface area contributed by atoms with E-state index in [0.717, 1.165) is 12.8 Å². The molecule has 1 N–H and O–H groups in total. The van der Waals surface area contributed by atoms with Gasteiger partial charge in [0.15, 0.2) is 0 Å². The van der Waals surface area contributed by atoms with E-state index in [2.05, 4.69) is 36.4 Å². The summed E-state index contributed by atoms with van der Waals surface area (Å²) in [7, 11) is 0. The Bertz CT molecular complexity index is 492. The van der Waals surface area contributed by atoms with Gasteiger partial charge < -0.3 is 5.11 Å². The summed E-state index contributed by atoms with van der Waals surface area (Å²) >= 11 is 0. The molecule has 0 saturated heterocycles. The van der Waals surface area contributed by atoms with Crippen LogP contribution >= 0.6 is 0 Å². The summed E-state index contributed by atoms with van der Waals surface area (Å²) in [5.74, 6) is 0.998. The second-order valence-corrected chi connectivity index (χ2v) is 5.17. The van der Waals surface area contributed by atoms with Crippen molar-refractivity contribution in [2.24, 2.45) is 5.92 Å². The molecule has 3 atom stereocenters. The molecule has 3 rings (SSSR count). The second kappa shape index (κ2) is 4.95. The predicted molar refractivity (Wildman–Crippen MR) is 73.4 cm³/mol. The third-order valence-corrected chi connectivity index (χ3v) is 3.85.